The molecular formula is C39H48P2. The molecule has 0 spiro atoms. The van der Waals surface area contributed by atoms with E-state index in [4.69, 9.17) is 0 Å². The van der Waals surface area contributed by atoms with Gasteiger partial charge in [0.25, 0.3) is 0 Å². The van der Waals surface area contributed by atoms with E-state index in [9.17, 15) is 0 Å². The van der Waals surface area contributed by atoms with E-state index in [-0.39, 0.29) is 0 Å². The lowest BCUT2D eigenvalue weighted by molar-refractivity contribution is 0.548. The van der Waals surface area contributed by atoms with E-state index in [0.29, 0.717) is 17.2 Å². The van der Waals surface area contributed by atoms with Crippen molar-refractivity contribution in [3.05, 3.63) is 117 Å². The van der Waals surface area contributed by atoms with Crippen LogP contribution in [0, 0.1) is 61.3 Å². The Morgan fingerprint density at radius 1 is 0.463 bits per heavy atom. The van der Waals surface area contributed by atoms with Crippen molar-refractivity contribution in [3.63, 3.8) is 0 Å². The minimum Gasteiger partial charge on any atom is -0.0576 e. The molecule has 4 aromatic rings. The monoisotopic (exact) mass is 578 g/mol. The Kier molecular flexibility index (Phi) is 9.24. The molecule has 0 bridgehead atoms. The highest BCUT2D eigenvalue weighted by molar-refractivity contribution is 7.74. The molecular weight excluding hydrogens is 530 g/mol. The summed E-state index contributed by atoms with van der Waals surface area (Å²) in [6, 6.07) is 29.4. The van der Waals surface area contributed by atoms with Crippen LogP contribution in [0.5, 0.6) is 0 Å². The Morgan fingerprint density at radius 3 is 1.12 bits per heavy atom. The molecule has 2 heteroatoms. The van der Waals surface area contributed by atoms with Gasteiger partial charge in [0.1, 0.15) is 0 Å². The van der Waals surface area contributed by atoms with Crippen LogP contribution in [0.1, 0.15) is 70.7 Å². The third-order valence-electron chi connectivity index (χ3n) is 8.83. The minimum atomic E-state index is -0.492. The summed E-state index contributed by atoms with van der Waals surface area (Å²) in [4.78, 5) is 0. The van der Waals surface area contributed by atoms with Crippen molar-refractivity contribution in [2.45, 2.75) is 92.9 Å². The molecule has 1 aliphatic rings. The summed E-state index contributed by atoms with van der Waals surface area (Å²) in [5, 5.41) is 6.27. The van der Waals surface area contributed by atoms with Gasteiger partial charge >= 0.3 is 0 Å². The number of rotatable bonds is 7. The Balaban J connectivity index is 1.65. The van der Waals surface area contributed by atoms with Crippen LogP contribution in [0.4, 0.5) is 0 Å². The molecule has 41 heavy (non-hydrogen) atoms. The highest BCUT2D eigenvalue weighted by Crippen LogP contribution is 2.56. The van der Waals surface area contributed by atoms with Gasteiger partial charge in [0, 0.05) is 0 Å². The summed E-state index contributed by atoms with van der Waals surface area (Å²) >= 11 is 0. The average Bonchev–Trinajstić information content (AvgIpc) is 3.31. The summed E-state index contributed by atoms with van der Waals surface area (Å²) in [5.74, 6) is 0.704. The second-order valence-corrected chi connectivity index (χ2v) is 18.0. The van der Waals surface area contributed by atoms with E-state index in [1.54, 1.807) is 21.2 Å². The molecule has 2 unspecified atom stereocenters. The maximum absolute atomic E-state index is 2.61. The fourth-order valence-corrected chi connectivity index (χ4v) is 14.7. The molecule has 5 rings (SSSR count). The van der Waals surface area contributed by atoms with Gasteiger partial charge in [0.2, 0.25) is 0 Å². The van der Waals surface area contributed by atoms with Gasteiger partial charge in [-0.15, -0.1) is 0 Å². The van der Waals surface area contributed by atoms with Crippen LogP contribution in [0.15, 0.2) is 72.8 Å². The maximum atomic E-state index is 2.61. The molecule has 1 saturated carbocycles. The van der Waals surface area contributed by atoms with Gasteiger partial charge in [0.05, 0.1) is 0 Å². The highest BCUT2D eigenvalue weighted by Gasteiger charge is 2.41. The zero-order valence-corrected chi connectivity index (χ0v) is 28.5. The molecule has 214 valence electrons. The first-order valence-electron chi connectivity index (χ1n) is 15.4. The van der Waals surface area contributed by atoms with E-state index in [2.05, 4.69) is 135 Å². The van der Waals surface area contributed by atoms with Crippen molar-refractivity contribution in [2.75, 3.05) is 0 Å². The van der Waals surface area contributed by atoms with Crippen LogP contribution in [0.3, 0.4) is 0 Å². The molecule has 0 aliphatic heterocycles. The van der Waals surface area contributed by atoms with E-state index >= 15 is 0 Å². The lowest BCUT2D eigenvalue weighted by Crippen LogP contribution is -2.33. The normalized spacial score (nSPS) is 17.9. The second-order valence-electron chi connectivity index (χ2n) is 13.0. The molecule has 3 atom stereocenters. The van der Waals surface area contributed by atoms with Gasteiger partial charge in [-0.1, -0.05) is 131 Å². The third-order valence-corrected chi connectivity index (χ3v) is 14.6. The van der Waals surface area contributed by atoms with E-state index < -0.39 is 15.8 Å². The van der Waals surface area contributed by atoms with Gasteiger partial charge in [-0.25, -0.2) is 0 Å². The van der Waals surface area contributed by atoms with Gasteiger partial charge in [-0.05, 0) is 123 Å². The fourth-order valence-electron chi connectivity index (χ4n) is 7.55. The van der Waals surface area contributed by atoms with Crippen LogP contribution in [-0.4, -0.2) is 11.3 Å². The molecule has 0 amide bonds. The molecule has 0 N–H and O–H groups in total. The van der Waals surface area contributed by atoms with Gasteiger partial charge in [0.15, 0.2) is 0 Å². The molecule has 0 nitrogen and oxygen atoms in total. The van der Waals surface area contributed by atoms with Crippen LogP contribution in [-0.2, 0) is 0 Å². The maximum Gasteiger partial charge on any atom is -0.00943 e. The van der Waals surface area contributed by atoms with Crippen molar-refractivity contribution in [3.8, 4) is 0 Å². The van der Waals surface area contributed by atoms with E-state index in [1.165, 1.54) is 63.8 Å². The first-order valence-corrected chi connectivity index (χ1v) is 18.2. The van der Waals surface area contributed by atoms with Crippen LogP contribution in [0.2, 0.25) is 0 Å². The Morgan fingerprint density at radius 2 is 0.780 bits per heavy atom. The number of hydrogen-bond donors (Lipinski definition) is 0. The fraction of sp³-hybridized carbons (Fsp3) is 0.385. The second kappa shape index (κ2) is 12.5. The Labute approximate surface area is 252 Å². The zero-order valence-electron chi connectivity index (χ0n) is 26.7. The molecule has 0 aromatic heterocycles. The van der Waals surface area contributed by atoms with Crippen molar-refractivity contribution in [2.24, 2.45) is 5.92 Å². The van der Waals surface area contributed by atoms with Crippen molar-refractivity contribution in [1.29, 1.82) is 0 Å². The van der Waals surface area contributed by atoms with Crippen LogP contribution < -0.4 is 21.2 Å². The quantitative estimate of drug-likeness (QED) is 0.192. The van der Waals surface area contributed by atoms with Crippen LogP contribution >= 0.6 is 15.8 Å². The first-order chi connectivity index (χ1) is 19.5. The summed E-state index contributed by atoms with van der Waals surface area (Å²) in [5.41, 5.74) is 12.4. The summed E-state index contributed by atoms with van der Waals surface area (Å²) in [6.07, 6.45) is 4.02. The lowest BCUT2D eigenvalue weighted by Gasteiger charge is -2.38. The predicted octanol–water partition coefficient (Wildman–Crippen LogP) is 9.28. The molecule has 4 aromatic carbocycles. The predicted molar refractivity (Wildman–Crippen MR) is 187 cm³/mol. The van der Waals surface area contributed by atoms with Gasteiger partial charge < -0.3 is 0 Å². The highest BCUT2D eigenvalue weighted by atomic mass is 31.1. The standard InChI is InChI=1S/C39H48P2/c1-25-13-26(2)18-34(17-25)40(35-19-27(3)14-28(4)20-35)33(9)38-11-10-12-39(38)41(36-21-29(5)15-30(6)22-36)37-23-31(7)16-32(8)24-37/h13-24,33,38-39H,10-12H2,1-9H3/t33-,38?,39?/m0/s1. The van der Waals surface area contributed by atoms with Gasteiger partial charge in [-0.2, -0.15) is 0 Å². The zero-order chi connectivity index (χ0) is 29.4. The summed E-state index contributed by atoms with van der Waals surface area (Å²) < 4.78 is 0. The molecule has 0 saturated heterocycles. The van der Waals surface area contributed by atoms with E-state index in [1.807, 2.05) is 0 Å². The SMILES string of the molecule is Cc1cc(C)cc(P(c2cc(C)cc(C)c2)C2CCCC2[C@H](C)P(c2cc(C)cc(C)c2)c2cc(C)cc(C)c2)c1. The summed E-state index contributed by atoms with van der Waals surface area (Å²) in [6.45, 7) is 20.8. The summed E-state index contributed by atoms with van der Waals surface area (Å²) in [7, 11) is -0.957. The topological polar surface area (TPSA) is 0 Å². The average molecular weight is 579 g/mol. The Bertz CT molecular complexity index is 1360. The van der Waals surface area contributed by atoms with Crippen molar-refractivity contribution in [1.82, 2.24) is 0 Å². The molecule has 0 radical (unpaired) electrons. The first kappa shape index (κ1) is 30.2. The third kappa shape index (κ3) is 6.87. The molecule has 0 heterocycles. The Hall–Kier alpha value is -2.26. The minimum absolute atomic E-state index is 0.466. The number of hydrogen-bond acceptors (Lipinski definition) is 0. The molecule has 1 fully saturated rings. The van der Waals surface area contributed by atoms with E-state index in [0.717, 1.165) is 0 Å². The lowest BCUT2D eigenvalue weighted by atomic mass is 10.0. The molecule has 1 aliphatic carbocycles. The number of aryl methyl sites for hydroxylation is 8. The largest absolute Gasteiger partial charge is 0.0576 e. The van der Waals surface area contributed by atoms with Gasteiger partial charge in [-0.3, -0.25) is 0 Å². The van der Waals surface area contributed by atoms with Crippen LogP contribution in [0.25, 0.3) is 0 Å². The number of benzene rings is 4. The van der Waals surface area contributed by atoms with Crippen molar-refractivity contribution >= 4 is 37.1 Å². The van der Waals surface area contributed by atoms with Crippen molar-refractivity contribution < 1.29 is 0 Å². The smallest absolute Gasteiger partial charge is 0.00943 e.